The summed E-state index contributed by atoms with van der Waals surface area (Å²) in [7, 11) is 0. The van der Waals surface area contributed by atoms with Gasteiger partial charge in [-0.15, -0.1) is 0 Å². The maximum Gasteiger partial charge on any atom is 0.405 e. The van der Waals surface area contributed by atoms with Gasteiger partial charge in [0.1, 0.15) is 6.04 Å². The first-order chi connectivity index (χ1) is 8.95. The SMILES string of the molecule is C=CC(F)(F)C(COCc1ccccc1)NC(=O)O. The van der Waals surface area contributed by atoms with Crippen LogP contribution in [0.1, 0.15) is 5.56 Å². The number of hydrogen-bond donors (Lipinski definition) is 2. The predicted molar refractivity (Wildman–Crippen MR) is 66.2 cm³/mol. The number of carbonyl (C=O) groups is 1. The van der Waals surface area contributed by atoms with Crippen LogP contribution >= 0.6 is 0 Å². The Morgan fingerprint density at radius 1 is 1.47 bits per heavy atom. The first-order valence-electron chi connectivity index (χ1n) is 5.58. The van der Waals surface area contributed by atoms with E-state index in [1.807, 2.05) is 6.07 Å². The molecule has 1 rings (SSSR count). The number of amides is 1. The zero-order chi connectivity index (χ0) is 14.3. The molecule has 19 heavy (non-hydrogen) atoms. The van der Waals surface area contributed by atoms with Crippen LogP contribution in [-0.2, 0) is 11.3 Å². The average molecular weight is 271 g/mol. The van der Waals surface area contributed by atoms with Crippen molar-refractivity contribution in [3.63, 3.8) is 0 Å². The molecule has 0 fully saturated rings. The van der Waals surface area contributed by atoms with Crippen LogP contribution < -0.4 is 5.32 Å². The maximum atomic E-state index is 13.4. The fourth-order valence-electron chi connectivity index (χ4n) is 1.41. The Morgan fingerprint density at radius 3 is 2.63 bits per heavy atom. The summed E-state index contributed by atoms with van der Waals surface area (Å²) in [6.07, 6.45) is -1.13. The molecular weight excluding hydrogens is 256 g/mol. The smallest absolute Gasteiger partial charge is 0.405 e. The highest BCUT2D eigenvalue weighted by Gasteiger charge is 2.37. The van der Waals surface area contributed by atoms with Gasteiger partial charge < -0.3 is 15.2 Å². The molecule has 104 valence electrons. The van der Waals surface area contributed by atoms with Gasteiger partial charge in [-0.25, -0.2) is 4.79 Å². The van der Waals surface area contributed by atoms with Crippen molar-refractivity contribution in [3.8, 4) is 0 Å². The van der Waals surface area contributed by atoms with Crippen LogP contribution in [-0.4, -0.2) is 29.8 Å². The summed E-state index contributed by atoms with van der Waals surface area (Å²) in [6, 6.07) is 7.32. The van der Waals surface area contributed by atoms with Crippen molar-refractivity contribution in [2.45, 2.75) is 18.6 Å². The van der Waals surface area contributed by atoms with Gasteiger partial charge in [-0.2, -0.15) is 8.78 Å². The Bertz CT molecular complexity index is 423. The fraction of sp³-hybridized carbons (Fsp3) is 0.308. The molecule has 0 aromatic heterocycles. The minimum absolute atomic E-state index is 0.131. The molecule has 0 radical (unpaired) electrons. The minimum Gasteiger partial charge on any atom is -0.465 e. The summed E-state index contributed by atoms with van der Waals surface area (Å²) in [5.41, 5.74) is 0.818. The molecule has 1 aromatic rings. The molecule has 0 spiro atoms. The maximum absolute atomic E-state index is 13.4. The van der Waals surface area contributed by atoms with Crippen molar-refractivity contribution < 1.29 is 23.4 Å². The Hall–Kier alpha value is -1.95. The van der Waals surface area contributed by atoms with Crippen molar-refractivity contribution in [1.29, 1.82) is 0 Å². The van der Waals surface area contributed by atoms with Crippen molar-refractivity contribution in [2.75, 3.05) is 6.61 Å². The number of hydrogen-bond acceptors (Lipinski definition) is 2. The van der Waals surface area contributed by atoms with E-state index in [0.29, 0.717) is 6.08 Å². The number of alkyl halides is 2. The van der Waals surface area contributed by atoms with Crippen LogP contribution in [0.5, 0.6) is 0 Å². The highest BCUT2D eigenvalue weighted by Crippen LogP contribution is 2.20. The molecule has 0 aliphatic carbocycles. The molecule has 0 saturated heterocycles. The zero-order valence-electron chi connectivity index (χ0n) is 10.2. The van der Waals surface area contributed by atoms with Gasteiger partial charge in [-0.3, -0.25) is 0 Å². The van der Waals surface area contributed by atoms with Crippen LogP contribution in [0.3, 0.4) is 0 Å². The second-order valence-corrected chi connectivity index (χ2v) is 3.88. The highest BCUT2D eigenvalue weighted by molar-refractivity contribution is 5.65. The zero-order valence-corrected chi connectivity index (χ0v) is 10.2. The van der Waals surface area contributed by atoms with Crippen LogP contribution in [0.25, 0.3) is 0 Å². The molecule has 4 nitrogen and oxygen atoms in total. The fourth-order valence-corrected chi connectivity index (χ4v) is 1.41. The van der Waals surface area contributed by atoms with Crippen molar-refractivity contribution in [2.24, 2.45) is 0 Å². The van der Waals surface area contributed by atoms with E-state index in [4.69, 9.17) is 9.84 Å². The number of rotatable bonds is 7. The van der Waals surface area contributed by atoms with Gasteiger partial charge in [0.2, 0.25) is 0 Å². The molecule has 0 aliphatic rings. The number of carboxylic acid groups (broad SMARTS) is 1. The second kappa shape index (κ2) is 6.84. The van der Waals surface area contributed by atoms with Crippen LogP contribution in [0.4, 0.5) is 13.6 Å². The average Bonchev–Trinajstić information content (AvgIpc) is 2.38. The Labute approximate surface area is 109 Å². The van der Waals surface area contributed by atoms with E-state index in [1.165, 1.54) is 0 Å². The molecular formula is C13H15F2NO3. The normalized spacial score (nSPS) is 12.7. The van der Waals surface area contributed by atoms with Crippen LogP contribution in [0.15, 0.2) is 43.0 Å². The molecule has 1 amide bonds. The van der Waals surface area contributed by atoms with Gasteiger partial charge >= 0.3 is 6.09 Å². The molecule has 0 bridgehead atoms. The van der Waals surface area contributed by atoms with E-state index >= 15 is 0 Å². The summed E-state index contributed by atoms with van der Waals surface area (Å²) in [6.45, 7) is 2.67. The van der Waals surface area contributed by atoms with Gasteiger partial charge in [-0.05, 0) is 11.6 Å². The lowest BCUT2D eigenvalue weighted by molar-refractivity contribution is -0.0271. The first kappa shape index (κ1) is 15.1. The van der Waals surface area contributed by atoms with Gasteiger partial charge in [0.15, 0.2) is 0 Å². The number of nitrogens with one attached hydrogen (secondary N) is 1. The van der Waals surface area contributed by atoms with E-state index in [0.717, 1.165) is 5.56 Å². The standard InChI is InChI=1S/C13H15F2NO3/c1-2-13(14,15)11(16-12(17)18)9-19-8-10-6-4-3-5-7-10/h2-7,11,16H,1,8-9H2,(H,17,18). The Kier molecular flexibility index (Phi) is 5.44. The Morgan fingerprint density at radius 2 is 2.11 bits per heavy atom. The Balaban J connectivity index is 2.54. The lowest BCUT2D eigenvalue weighted by Crippen LogP contribution is -2.49. The number of benzene rings is 1. The van der Waals surface area contributed by atoms with Crippen molar-refractivity contribution in [3.05, 3.63) is 48.6 Å². The van der Waals surface area contributed by atoms with E-state index in [-0.39, 0.29) is 6.61 Å². The molecule has 1 aromatic carbocycles. The number of halogens is 2. The molecule has 1 unspecified atom stereocenters. The van der Waals surface area contributed by atoms with Gasteiger partial charge in [0.05, 0.1) is 13.2 Å². The molecule has 6 heteroatoms. The first-order valence-corrected chi connectivity index (χ1v) is 5.58. The van der Waals surface area contributed by atoms with Gasteiger partial charge in [0, 0.05) is 0 Å². The lowest BCUT2D eigenvalue weighted by atomic mass is 10.1. The third-order valence-corrected chi connectivity index (χ3v) is 2.43. The molecule has 0 saturated carbocycles. The topological polar surface area (TPSA) is 58.6 Å². The van der Waals surface area contributed by atoms with Gasteiger partial charge in [0.25, 0.3) is 5.92 Å². The quantitative estimate of drug-likeness (QED) is 0.749. The number of ether oxygens (including phenoxy) is 1. The van der Waals surface area contributed by atoms with Crippen molar-refractivity contribution >= 4 is 6.09 Å². The summed E-state index contributed by atoms with van der Waals surface area (Å²) < 4.78 is 31.9. The van der Waals surface area contributed by atoms with E-state index < -0.39 is 24.7 Å². The monoisotopic (exact) mass is 271 g/mol. The molecule has 0 aliphatic heterocycles. The summed E-state index contributed by atoms with van der Waals surface area (Å²) >= 11 is 0. The molecule has 2 N–H and O–H groups in total. The van der Waals surface area contributed by atoms with E-state index in [9.17, 15) is 13.6 Å². The minimum atomic E-state index is -3.37. The summed E-state index contributed by atoms with van der Waals surface area (Å²) in [5, 5.41) is 10.3. The lowest BCUT2D eigenvalue weighted by Gasteiger charge is -2.23. The van der Waals surface area contributed by atoms with Crippen LogP contribution in [0.2, 0.25) is 0 Å². The van der Waals surface area contributed by atoms with E-state index in [2.05, 4.69) is 6.58 Å². The summed E-state index contributed by atoms with van der Waals surface area (Å²) in [5.74, 6) is -3.37. The predicted octanol–water partition coefficient (Wildman–Crippen LogP) is 2.66. The highest BCUT2D eigenvalue weighted by atomic mass is 19.3. The largest absolute Gasteiger partial charge is 0.465 e. The molecule has 1 atom stereocenters. The van der Waals surface area contributed by atoms with E-state index in [1.54, 1.807) is 29.6 Å². The second-order valence-electron chi connectivity index (χ2n) is 3.88. The van der Waals surface area contributed by atoms with Gasteiger partial charge in [-0.1, -0.05) is 36.9 Å². The third-order valence-electron chi connectivity index (χ3n) is 2.43. The summed E-state index contributed by atoms with van der Waals surface area (Å²) in [4.78, 5) is 10.5. The third kappa shape index (κ3) is 5.05. The van der Waals surface area contributed by atoms with Crippen molar-refractivity contribution in [1.82, 2.24) is 5.32 Å². The molecule has 0 heterocycles. The van der Waals surface area contributed by atoms with Crippen LogP contribution in [0, 0.1) is 0 Å².